The second-order valence-corrected chi connectivity index (χ2v) is 5.28. The zero-order valence-corrected chi connectivity index (χ0v) is 11.5. The Kier molecular flexibility index (Phi) is 3.59. The Labute approximate surface area is 118 Å². The molecule has 2 aromatic carbocycles. The van der Waals surface area contributed by atoms with E-state index in [1.165, 1.54) is 18.4 Å². The van der Waals surface area contributed by atoms with E-state index in [0.717, 1.165) is 24.9 Å². The van der Waals surface area contributed by atoms with Crippen LogP contribution < -0.4 is 10.1 Å². The number of anilines is 1. The minimum absolute atomic E-state index is 0.283. The van der Waals surface area contributed by atoms with E-state index in [1.807, 2.05) is 12.1 Å². The average molecular weight is 271 g/mol. The van der Waals surface area contributed by atoms with E-state index in [9.17, 15) is 4.39 Å². The number of nitrogens with one attached hydrogen (secondary N) is 1. The maximum atomic E-state index is 13.7. The monoisotopic (exact) mass is 271 g/mol. The number of rotatable bonds is 3. The van der Waals surface area contributed by atoms with Gasteiger partial charge in [-0.3, -0.25) is 0 Å². The van der Waals surface area contributed by atoms with Crippen LogP contribution in [0.2, 0.25) is 0 Å². The number of para-hydroxylation sites is 1. The topological polar surface area (TPSA) is 21.3 Å². The lowest BCUT2D eigenvalue weighted by molar-refractivity contribution is 0.385. The summed E-state index contributed by atoms with van der Waals surface area (Å²) in [4.78, 5) is 0. The van der Waals surface area contributed by atoms with Crippen LogP contribution in [0, 0.1) is 11.7 Å². The molecular formula is C17H18FNO. The van der Waals surface area contributed by atoms with Crippen molar-refractivity contribution in [2.24, 2.45) is 5.92 Å². The minimum Gasteiger partial charge on any atom is -0.494 e. The Morgan fingerprint density at radius 1 is 1.25 bits per heavy atom. The molecule has 0 aliphatic carbocycles. The molecule has 0 spiro atoms. The maximum absolute atomic E-state index is 13.7. The number of benzene rings is 2. The molecule has 1 N–H and O–H groups in total. The van der Waals surface area contributed by atoms with Gasteiger partial charge in [0.05, 0.1) is 7.11 Å². The van der Waals surface area contributed by atoms with Crippen molar-refractivity contribution in [1.29, 1.82) is 0 Å². The first kappa shape index (κ1) is 13.0. The van der Waals surface area contributed by atoms with E-state index in [1.54, 1.807) is 12.1 Å². The molecule has 0 bridgehead atoms. The third-order valence-electron chi connectivity index (χ3n) is 3.85. The molecule has 20 heavy (non-hydrogen) atoms. The first-order chi connectivity index (χ1) is 9.76. The molecule has 0 fully saturated rings. The Morgan fingerprint density at radius 3 is 2.90 bits per heavy atom. The first-order valence-corrected chi connectivity index (χ1v) is 6.90. The molecule has 104 valence electrons. The van der Waals surface area contributed by atoms with Crippen molar-refractivity contribution in [2.45, 2.75) is 12.8 Å². The standard InChI is InChI=1S/C17H18FNO/c1-20-17-7-6-12(10-15(17)18)8-13-9-14-4-2-3-5-16(14)19-11-13/h2-7,10,13,19H,8-9,11H2,1H3. The number of hydrogen-bond acceptors (Lipinski definition) is 2. The third-order valence-corrected chi connectivity index (χ3v) is 3.85. The summed E-state index contributed by atoms with van der Waals surface area (Å²) in [6, 6.07) is 13.6. The van der Waals surface area contributed by atoms with Crippen LogP contribution in [0.25, 0.3) is 0 Å². The first-order valence-electron chi connectivity index (χ1n) is 6.90. The van der Waals surface area contributed by atoms with Gasteiger partial charge in [-0.2, -0.15) is 0 Å². The van der Waals surface area contributed by atoms with Gasteiger partial charge in [0.25, 0.3) is 0 Å². The predicted molar refractivity (Wildman–Crippen MR) is 78.8 cm³/mol. The lowest BCUT2D eigenvalue weighted by Crippen LogP contribution is -2.24. The van der Waals surface area contributed by atoms with E-state index in [2.05, 4.69) is 23.5 Å². The van der Waals surface area contributed by atoms with Crippen LogP contribution in [0.15, 0.2) is 42.5 Å². The van der Waals surface area contributed by atoms with Crippen molar-refractivity contribution < 1.29 is 9.13 Å². The summed E-state index contributed by atoms with van der Waals surface area (Å²) < 4.78 is 18.7. The molecule has 3 heteroatoms. The van der Waals surface area contributed by atoms with Crippen molar-refractivity contribution in [1.82, 2.24) is 0 Å². The Bertz CT molecular complexity index is 612. The van der Waals surface area contributed by atoms with E-state index in [-0.39, 0.29) is 5.82 Å². The van der Waals surface area contributed by atoms with Gasteiger partial charge in [-0.25, -0.2) is 4.39 Å². The normalized spacial score (nSPS) is 17.2. The molecular weight excluding hydrogens is 253 g/mol. The molecule has 1 atom stereocenters. The second kappa shape index (κ2) is 5.53. The van der Waals surface area contributed by atoms with Gasteiger partial charge in [-0.05, 0) is 48.1 Å². The Balaban J connectivity index is 1.72. The van der Waals surface area contributed by atoms with Crippen LogP contribution in [0.4, 0.5) is 10.1 Å². The maximum Gasteiger partial charge on any atom is 0.165 e. The Morgan fingerprint density at radius 2 is 2.10 bits per heavy atom. The van der Waals surface area contributed by atoms with Crippen molar-refractivity contribution in [3.8, 4) is 5.75 Å². The van der Waals surface area contributed by atoms with Crippen molar-refractivity contribution in [3.05, 3.63) is 59.4 Å². The fraction of sp³-hybridized carbons (Fsp3) is 0.294. The number of ether oxygens (including phenoxy) is 1. The number of fused-ring (bicyclic) bond motifs is 1. The number of halogens is 1. The van der Waals surface area contributed by atoms with Crippen molar-refractivity contribution in [2.75, 3.05) is 19.0 Å². The fourth-order valence-corrected chi connectivity index (χ4v) is 2.82. The van der Waals surface area contributed by atoms with Crippen LogP contribution in [-0.2, 0) is 12.8 Å². The largest absolute Gasteiger partial charge is 0.494 e. The highest BCUT2D eigenvalue weighted by molar-refractivity contribution is 5.53. The van der Waals surface area contributed by atoms with Crippen LogP contribution in [-0.4, -0.2) is 13.7 Å². The molecule has 1 heterocycles. The van der Waals surface area contributed by atoms with Gasteiger partial charge in [-0.1, -0.05) is 24.3 Å². The molecule has 0 radical (unpaired) electrons. The van der Waals surface area contributed by atoms with E-state index in [0.29, 0.717) is 11.7 Å². The minimum atomic E-state index is -0.283. The van der Waals surface area contributed by atoms with Crippen LogP contribution >= 0.6 is 0 Å². The number of methoxy groups -OCH3 is 1. The van der Waals surface area contributed by atoms with Gasteiger partial charge in [0.15, 0.2) is 11.6 Å². The zero-order chi connectivity index (χ0) is 13.9. The molecule has 0 amide bonds. The Hall–Kier alpha value is -2.03. The predicted octanol–water partition coefficient (Wildman–Crippen LogP) is 3.66. The molecule has 1 aliphatic heterocycles. The third kappa shape index (κ3) is 2.62. The molecule has 0 aromatic heterocycles. The van der Waals surface area contributed by atoms with Gasteiger partial charge < -0.3 is 10.1 Å². The highest BCUT2D eigenvalue weighted by Gasteiger charge is 2.18. The summed E-state index contributed by atoms with van der Waals surface area (Å²) in [6.45, 7) is 0.935. The molecule has 1 aliphatic rings. The highest BCUT2D eigenvalue weighted by atomic mass is 19.1. The van der Waals surface area contributed by atoms with Crippen LogP contribution in [0.1, 0.15) is 11.1 Å². The van der Waals surface area contributed by atoms with Crippen LogP contribution in [0.5, 0.6) is 5.75 Å². The van der Waals surface area contributed by atoms with E-state index < -0.39 is 0 Å². The summed E-state index contributed by atoms with van der Waals surface area (Å²) in [6.07, 6.45) is 1.92. The second-order valence-electron chi connectivity index (χ2n) is 5.28. The van der Waals surface area contributed by atoms with Crippen molar-refractivity contribution >= 4 is 5.69 Å². The van der Waals surface area contributed by atoms with E-state index >= 15 is 0 Å². The van der Waals surface area contributed by atoms with E-state index in [4.69, 9.17) is 4.74 Å². The lowest BCUT2D eigenvalue weighted by atomic mass is 9.89. The average Bonchev–Trinajstić information content (AvgIpc) is 2.47. The highest BCUT2D eigenvalue weighted by Crippen LogP contribution is 2.27. The van der Waals surface area contributed by atoms with Crippen LogP contribution in [0.3, 0.4) is 0 Å². The summed E-state index contributed by atoms with van der Waals surface area (Å²) in [5.41, 5.74) is 3.59. The molecule has 0 saturated carbocycles. The quantitative estimate of drug-likeness (QED) is 0.920. The zero-order valence-electron chi connectivity index (χ0n) is 11.5. The summed E-state index contributed by atoms with van der Waals surface area (Å²) in [5.74, 6) is 0.521. The fourth-order valence-electron chi connectivity index (χ4n) is 2.82. The number of hydrogen-bond donors (Lipinski definition) is 1. The summed E-state index contributed by atoms with van der Waals surface area (Å²) in [7, 11) is 1.49. The van der Waals surface area contributed by atoms with Gasteiger partial charge in [-0.15, -0.1) is 0 Å². The lowest BCUT2D eigenvalue weighted by Gasteiger charge is -2.26. The summed E-state index contributed by atoms with van der Waals surface area (Å²) in [5, 5.41) is 3.45. The summed E-state index contributed by atoms with van der Waals surface area (Å²) >= 11 is 0. The van der Waals surface area contributed by atoms with Gasteiger partial charge >= 0.3 is 0 Å². The molecule has 1 unspecified atom stereocenters. The molecule has 0 saturated heterocycles. The molecule has 2 nitrogen and oxygen atoms in total. The van der Waals surface area contributed by atoms with Gasteiger partial charge in [0, 0.05) is 12.2 Å². The van der Waals surface area contributed by atoms with Gasteiger partial charge in [0.2, 0.25) is 0 Å². The van der Waals surface area contributed by atoms with Crippen molar-refractivity contribution in [3.63, 3.8) is 0 Å². The SMILES string of the molecule is COc1ccc(CC2CNc3ccccc3C2)cc1F. The van der Waals surface area contributed by atoms with Gasteiger partial charge in [0.1, 0.15) is 0 Å². The molecule has 2 aromatic rings. The molecule has 3 rings (SSSR count). The smallest absolute Gasteiger partial charge is 0.165 e.